The number of hydrogen-bond donors (Lipinski definition) is 2. The summed E-state index contributed by atoms with van der Waals surface area (Å²) in [7, 11) is 3.95. The summed E-state index contributed by atoms with van der Waals surface area (Å²) in [5.41, 5.74) is 1.87. The van der Waals surface area contributed by atoms with Gasteiger partial charge in [-0.05, 0) is 44.0 Å². The van der Waals surface area contributed by atoms with Crippen LogP contribution < -0.4 is 15.5 Å². The van der Waals surface area contributed by atoms with Gasteiger partial charge >= 0.3 is 6.09 Å². The van der Waals surface area contributed by atoms with Gasteiger partial charge in [0.15, 0.2) is 0 Å². The smallest absolute Gasteiger partial charge is 0.409 e. The van der Waals surface area contributed by atoms with Crippen LogP contribution >= 0.6 is 0 Å². The van der Waals surface area contributed by atoms with Crippen LogP contribution in [0.5, 0.6) is 0 Å². The van der Waals surface area contributed by atoms with Crippen molar-refractivity contribution in [1.29, 1.82) is 0 Å². The third kappa shape index (κ3) is 5.94. The maximum absolute atomic E-state index is 12.1. The number of benzene rings is 1. The van der Waals surface area contributed by atoms with Crippen molar-refractivity contribution < 1.29 is 14.3 Å². The second-order valence-corrected chi connectivity index (χ2v) is 6.33. The number of nitrogens with one attached hydrogen (secondary N) is 2. The fourth-order valence-corrected chi connectivity index (χ4v) is 2.77. The Morgan fingerprint density at radius 2 is 1.84 bits per heavy atom. The average molecular weight is 348 g/mol. The van der Waals surface area contributed by atoms with Crippen LogP contribution in [0.2, 0.25) is 0 Å². The van der Waals surface area contributed by atoms with Gasteiger partial charge < -0.3 is 25.2 Å². The van der Waals surface area contributed by atoms with Crippen LogP contribution in [-0.2, 0) is 9.53 Å². The van der Waals surface area contributed by atoms with Crippen LogP contribution in [-0.4, -0.2) is 63.3 Å². The molecule has 0 spiro atoms. The zero-order chi connectivity index (χ0) is 18.2. The summed E-state index contributed by atoms with van der Waals surface area (Å²) in [6, 6.07) is 7.96. The first-order valence-corrected chi connectivity index (χ1v) is 8.72. The zero-order valence-electron chi connectivity index (χ0n) is 15.2. The van der Waals surface area contributed by atoms with Crippen LogP contribution in [0.15, 0.2) is 24.3 Å². The van der Waals surface area contributed by atoms with Crippen molar-refractivity contribution in [2.45, 2.75) is 25.8 Å². The molecule has 0 unspecified atom stereocenters. The molecule has 7 heteroatoms. The number of hydrogen-bond acceptors (Lipinski definition) is 5. The largest absolute Gasteiger partial charge is 0.450 e. The summed E-state index contributed by atoms with van der Waals surface area (Å²) < 4.78 is 5.00. The highest BCUT2D eigenvalue weighted by Crippen LogP contribution is 2.15. The summed E-state index contributed by atoms with van der Waals surface area (Å²) in [4.78, 5) is 27.4. The van der Waals surface area contributed by atoms with Crippen LogP contribution in [0.3, 0.4) is 0 Å². The Bertz CT molecular complexity index is 566. The third-order valence-electron chi connectivity index (χ3n) is 4.24. The number of rotatable bonds is 6. The van der Waals surface area contributed by atoms with Crippen LogP contribution in [0, 0.1) is 0 Å². The molecule has 138 valence electrons. The number of carbonyl (C=O) groups is 2. The first kappa shape index (κ1) is 19.1. The van der Waals surface area contributed by atoms with Crippen molar-refractivity contribution in [3.63, 3.8) is 0 Å². The Hall–Kier alpha value is -2.28. The van der Waals surface area contributed by atoms with Gasteiger partial charge in [-0.1, -0.05) is 0 Å². The Balaban J connectivity index is 1.69. The van der Waals surface area contributed by atoms with E-state index in [9.17, 15) is 9.59 Å². The predicted molar refractivity (Wildman–Crippen MR) is 99.0 cm³/mol. The summed E-state index contributed by atoms with van der Waals surface area (Å²) in [6.45, 7) is 3.78. The molecular formula is C18H28N4O3. The molecule has 2 N–H and O–H groups in total. The number of anilines is 2. The van der Waals surface area contributed by atoms with E-state index >= 15 is 0 Å². The lowest BCUT2D eigenvalue weighted by Crippen LogP contribution is -2.46. The maximum Gasteiger partial charge on any atom is 0.409 e. The molecule has 0 aliphatic carbocycles. The summed E-state index contributed by atoms with van der Waals surface area (Å²) in [5, 5.41) is 6.15. The fraction of sp³-hybridized carbons (Fsp3) is 0.556. The number of piperidine rings is 1. The molecule has 2 amide bonds. The fourth-order valence-electron chi connectivity index (χ4n) is 2.77. The number of amides is 2. The molecule has 0 aromatic heterocycles. The molecule has 0 atom stereocenters. The topological polar surface area (TPSA) is 73.9 Å². The van der Waals surface area contributed by atoms with Gasteiger partial charge in [-0.2, -0.15) is 0 Å². The van der Waals surface area contributed by atoms with Gasteiger partial charge in [-0.25, -0.2) is 4.79 Å². The number of ether oxygens (including phenoxy) is 1. The van der Waals surface area contributed by atoms with E-state index in [1.54, 1.807) is 11.8 Å². The van der Waals surface area contributed by atoms with Gasteiger partial charge in [0, 0.05) is 44.6 Å². The van der Waals surface area contributed by atoms with E-state index in [0.717, 1.165) is 24.2 Å². The Morgan fingerprint density at radius 1 is 1.20 bits per heavy atom. The maximum atomic E-state index is 12.1. The van der Waals surface area contributed by atoms with E-state index in [1.807, 2.05) is 43.3 Å². The standard InChI is InChI=1S/C18H28N4O3/c1-4-25-18(24)22-11-9-14(10-12-22)19-13-17(23)20-15-5-7-16(8-6-15)21(2)3/h5-8,14,19H,4,9-13H2,1-3H3,(H,20,23). The van der Waals surface area contributed by atoms with E-state index in [0.29, 0.717) is 19.7 Å². The number of likely N-dealkylation sites (tertiary alicyclic amines) is 1. The highest BCUT2D eigenvalue weighted by Gasteiger charge is 2.23. The van der Waals surface area contributed by atoms with Crippen molar-refractivity contribution in [2.75, 3.05) is 50.6 Å². The van der Waals surface area contributed by atoms with Gasteiger partial charge in [0.2, 0.25) is 5.91 Å². The predicted octanol–water partition coefficient (Wildman–Crippen LogP) is 1.90. The normalized spacial score (nSPS) is 14.9. The lowest BCUT2D eigenvalue weighted by molar-refractivity contribution is -0.115. The Morgan fingerprint density at radius 3 is 2.40 bits per heavy atom. The molecule has 1 heterocycles. The van der Waals surface area contributed by atoms with E-state index in [4.69, 9.17) is 4.74 Å². The molecule has 7 nitrogen and oxygen atoms in total. The highest BCUT2D eigenvalue weighted by molar-refractivity contribution is 5.92. The minimum absolute atomic E-state index is 0.0644. The summed E-state index contributed by atoms with van der Waals surface area (Å²) in [6.07, 6.45) is 1.40. The van der Waals surface area contributed by atoms with Crippen LogP contribution in [0.4, 0.5) is 16.2 Å². The number of carbonyl (C=O) groups excluding carboxylic acids is 2. The Kier molecular flexibility index (Phi) is 7.06. The molecule has 1 saturated heterocycles. The lowest BCUT2D eigenvalue weighted by atomic mass is 10.1. The highest BCUT2D eigenvalue weighted by atomic mass is 16.6. The van der Waals surface area contributed by atoms with Crippen molar-refractivity contribution in [3.05, 3.63) is 24.3 Å². The molecule has 1 aromatic carbocycles. The third-order valence-corrected chi connectivity index (χ3v) is 4.24. The minimum Gasteiger partial charge on any atom is -0.450 e. The van der Waals surface area contributed by atoms with Gasteiger partial charge in [-0.3, -0.25) is 4.79 Å². The molecule has 0 radical (unpaired) electrons. The van der Waals surface area contributed by atoms with Crippen molar-refractivity contribution in [2.24, 2.45) is 0 Å². The molecule has 1 aromatic rings. The lowest BCUT2D eigenvalue weighted by Gasteiger charge is -2.31. The van der Waals surface area contributed by atoms with E-state index < -0.39 is 0 Å². The van der Waals surface area contributed by atoms with Gasteiger partial charge in [0.1, 0.15) is 0 Å². The van der Waals surface area contributed by atoms with E-state index in [2.05, 4.69) is 10.6 Å². The summed E-state index contributed by atoms with van der Waals surface area (Å²) in [5.74, 6) is -0.0644. The van der Waals surface area contributed by atoms with Crippen molar-refractivity contribution in [1.82, 2.24) is 10.2 Å². The zero-order valence-corrected chi connectivity index (χ0v) is 15.2. The van der Waals surface area contributed by atoms with Gasteiger partial charge in [-0.15, -0.1) is 0 Å². The van der Waals surface area contributed by atoms with E-state index in [1.165, 1.54) is 0 Å². The number of nitrogens with zero attached hydrogens (tertiary/aromatic N) is 2. The first-order chi connectivity index (χ1) is 12.0. The second kappa shape index (κ2) is 9.27. The van der Waals surface area contributed by atoms with Crippen LogP contribution in [0.1, 0.15) is 19.8 Å². The van der Waals surface area contributed by atoms with Crippen molar-refractivity contribution >= 4 is 23.4 Å². The van der Waals surface area contributed by atoms with Crippen molar-refractivity contribution in [3.8, 4) is 0 Å². The SMILES string of the molecule is CCOC(=O)N1CCC(NCC(=O)Nc2ccc(N(C)C)cc2)CC1. The van der Waals surface area contributed by atoms with E-state index in [-0.39, 0.29) is 24.6 Å². The molecule has 0 saturated carbocycles. The second-order valence-electron chi connectivity index (χ2n) is 6.33. The quantitative estimate of drug-likeness (QED) is 0.821. The molecule has 2 rings (SSSR count). The average Bonchev–Trinajstić information content (AvgIpc) is 2.61. The monoisotopic (exact) mass is 348 g/mol. The molecule has 25 heavy (non-hydrogen) atoms. The molecule has 1 aliphatic rings. The Labute approximate surface area is 149 Å². The van der Waals surface area contributed by atoms with Gasteiger partial charge in [0.05, 0.1) is 13.2 Å². The molecule has 0 bridgehead atoms. The molecule has 1 fully saturated rings. The first-order valence-electron chi connectivity index (χ1n) is 8.72. The minimum atomic E-state index is -0.250. The molecular weight excluding hydrogens is 320 g/mol. The summed E-state index contributed by atoms with van der Waals surface area (Å²) >= 11 is 0. The van der Waals surface area contributed by atoms with Crippen LogP contribution in [0.25, 0.3) is 0 Å². The molecule has 1 aliphatic heterocycles. The van der Waals surface area contributed by atoms with Gasteiger partial charge in [0.25, 0.3) is 0 Å².